The number of hydrogen-bond donors (Lipinski definition) is 4. The number of aromatic nitrogens is 2. The Bertz CT molecular complexity index is 673. The summed E-state index contributed by atoms with van der Waals surface area (Å²) in [7, 11) is 0. The summed E-state index contributed by atoms with van der Waals surface area (Å²) in [6.07, 6.45) is 6.43. The molecule has 0 unspecified atom stereocenters. The molecule has 1 aromatic rings. The minimum atomic E-state index is -0.168. The summed E-state index contributed by atoms with van der Waals surface area (Å²) in [5.41, 5.74) is 0.888. The van der Waals surface area contributed by atoms with Gasteiger partial charge in [0.05, 0.1) is 0 Å². The molecule has 0 bridgehead atoms. The molecule has 1 aliphatic carbocycles. The van der Waals surface area contributed by atoms with Crippen molar-refractivity contribution in [3.05, 3.63) is 11.5 Å². The fourth-order valence-corrected chi connectivity index (χ4v) is 2.83. The van der Waals surface area contributed by atoms with Gasteiger partial charge in [-0.3, -0.25) is 15.1 Å². The van der Waals surface area contributed by atoms with Gasteiger partial charge in [0.1, 0.15) is 10.9 Å². The molecule has 0 aromatic carbocycles. The lowest BCUT2D eigenvalue weighted by Crippen LogP contribution is -2.41. The third-order valence-corrected chi connectivity index (χ3v) is 4.91. The lowest BCUT2D eigenvalue weighted by atomic mass is 10.1. The highest BCUT2D eigenvalue weighted by molar-refractivity contribution is 7.98. The Hall–Kier alpha value is -2.21. The molecule has 2 rings (SSSR count). The maximum Gasteiger partial charge on any atom is 0.225 e. The number of aromatic amines is 1. The van der Waals surface area contributed by atoms with Crippen molar-refractivity contribution in [3.63, 3.8) is 0 Å². The van der Waals surface area contributed by atoms with E-state index in [1.165, 1.54) is 0 Å². The van der Waals surface area contributed by atoms with Crippen LogP contribution in [0.25, 0.3) is 0 Å². The molecular weight excluding hydrogens is 338 g/mol. The van der Waals surface area contributed by atoms with Gasteiger partial charge in [-0.25, -0.2) is 4.98 Å². The summed E-state index contributed by atoms with van der Waals surface area (Å²) in [4.78, 5) is 23.9. The fraction of sp³-hybridized carbons (Fsp3) is 0.625. The zero-order chi connectivity index (χ0) is 18.3. The second-order valence-corrected chi connectivity index (χ2v) is 7.07. The van der Waals surface area contributed by atoms with Crippen LogP contribution in [0.4, 0.5) is 0 Å². The molecule has 1 fully saturated rings. The lowest BCUT2D eigenvalue weighted by Gasteiger charge is -2.11. The topological polar surface area (TPSA) is 118 Å². The number of thioether (sulfide) groups is 1. The number of imidazole rings is 1. The monoisotopic (exact) mass is 363 g/mol. The molecular formula is C16H25N7OS. The van der Waals surface area contributed by atoms with E-state index in [9.17, 15) is 4.79 Å². The third kappa shape index (κ3) is 5.67. The molecule has 1 aliphatic rings. The molecule has 1 saturated carbocycles. The van der Waals surface area contributed by atoms with E-state index in [2.05, 4.69) is 30.9 Å². The second-order valence-electron chi connectivity index (χ2n) is 6.28. The Kier molecular flexibility index (Phi) is 6.70. The van der Waals surface area contributed by atoms with Gasteiger partial charge in [-0.2, -0.15) is 5.26 Å². The van der Waals surface area contributed by atoms with E-state index >= 15 is 0 Å². The van der Waals surface area contributed by atoms with Crippen molar-refractivity contribution >= 4 is 23.6 Å². The number of carbonyl (C=O) groups excluding carboxylic acids is 1. The Morgan fingerprint density at radius 2 is 2.16 bits per heavy atom. The van der Waals surface area contributed by atoms with Gasteiger partial charge >= 0.3 is 0 Å². The minimum Gasteiger partial charge on any atom is -0.354 e. The zero-order valence-electron chi connectivity index (χ0n) is 14.9. The van der Waals surface area contributed by atoms with Crippen molar-refractivity contribution in [1.82, 2.24) is 25.9 Å². The van der Waals surface area contributed by atoms with Crippen LogP contribution in [0.3, 0.4) is 0 Å². The first-order chi connectivity index (χ1) is 12.0. The maximum atomic E-state index is 11.8. The van der Waals surface area contributed by atoms with E-state index in [0.29, 0.717) is 32.0 Å². The fourth-order valence-electron chi connectivity index (χ4n) is 2.27. The van der Waals surface area contributed by atoms with Crippen LogP contribution in [0.15, 0.2) is 10.0 Å². The first-order valence-corrected chi connectivity index (χ1v) is 9.52. The van der Waals surface area contributed by atoms with Crippen molar-refractivity contribution < 1.29 is 4.79 Å². The number of hydrogen-bond acceptors (Lipinski definition) is 5. The number of H-pyrrole nitrogens is 1. The van der Waals surface area contributed by atoms with Gasteiger partial charge in [0, 0.05) is 37.2 Å². The highest BCUT2D eigenvalue weighted by Gasteiger charge is 2.44. The van der Waals surface area contributed by atoms with Crippen LogP contribution in [-0.2, 0) is 11.2 Å². The predicted molar refractivity (Wildman–Crippen MR) is 98.2 cm³/mol. The van der Waals surface area contributed by atoms with Crippen LogP contribution in [-0.4, -0.2) is 47.7 Å². The van der Waals surface area contributed by atoms with Crippen LogP contribution in [0, 0.1) is 23.8 Å². The Morgan fingerprint density at radius 3 is 2.76 bits per heavy atom. The molecule has 1 aromatic heterocycles. The number of rotatable bonds is 8. The Balaban J connectivity index is 1.73. The van der Waals surface area contributed by atoms with Gasteiger partial charge in [0.25, 0.3) is 0 Å². The average Bonchev–Trinajstić information content (AvgIpc) is 3.24. The largest absolute Gasteiger partial charge is 0.354 e. The van der Waals surface area contributed by atoms with E-state index < -0.39 is 0 Å². The van der Waals surface area contributed by atoms with Gasteiger partial charge in [0.2, 0.25) is 11.9 Å². The Morgan fingerprint density at radius 1 is 1.44 bits per heavy atom. The predicted octanol–water partition coefficient (Wildman–Crippen LogP) is 0.915. The first kappa shape index (κ1) is 19.1. The van der Waals surface area contributed by atoms with Crippen LogP contribution < -0.4 is 16.0 Å². The van der Waals surface area contributed by atoms with Gasteiger partial charge in [-0.15, -0.1) is 11.8 Å². The number of guanidine groups is 1. The maximum absolute atomic E-state index is 11.8. The first-order valence-electron chi connectivity index (χ1n) is 8.29. The summed E-state index contributed by atoms with van der Waals surface area (Å²) in [6.45, 7) is 5.47. The Labute approximate surface area is 152 Å². The summed E-state index contributed by atoms with van der Waals surface area (Å²) in [6, 6.07) is 0. The second kappa shape index (κ2) is 8.76. The van der Waals surface area contributed by atoms with Gasteiger partial charge in [0.15, 0.2) is 6.19 Å². The van der Waals surface area contributed by atoms with Crippen molar-refractivity contribution in [3.8, 4) is 6.19 Å². The van der Waals surface area contributed by atoms with Crippen molar-refractivity contribution in [2.75, 3.05) is 25.9 Å². The van der Waals surface area contributed by atoms with Crippen LogP contribution in [0.2, 0.25) is 0 Å². The molecule has 0 spiro atoms. The molecule has 8 nitrogen and oxygen atoms in total. The summed E-state index contributed by atoms with van der Waals surface area (Å²) in [5.74, 6) is 1.38. The lowest BCUT2D eigenvalue weighted by molar-refractivity contribution is -0.125. The number of carbonyl (C=O) groups is 1. The zero-order valence-corrected chi connectivity index (χ0v) is 15.7. The molecule has 136 valence electrons. The highest BCUT2D eigenvalue weighted by Crippen LogP contribution is 2.44. The van der Waals surface area contributed by atoms with Crippen molar-refractivity contribution in [2.24, 2.45) is 10.4 Å². The van der Waals surface area contributed by atoms with E-state index in [0.717, 1.165) is 29.4 Å². The molecule has 1 heterocycles. The molecule has 9 heteroatoms. The SMILES string of the molecule is CSc1nc(CCN=C(NC#N)NCCNC(=O)C2(C)CC2)[nH]c1C. The number of amides is 1. The van der Waals surface area contributed by atoms with Gasteiger partial charge < -0.3 is 15.6 Å². The molecule has 0 atom stereocenters. The molecule has 1 amide bonds. The smallest absolute Gasteiger partial charge is 0.225 e. The molecule has 0 aliphatic heterocycles. The minimum absolute atomic E-state index is 0.0961. The molecule has 0 saturated heterocycles. The average molecular weight is 363 g/mol. The van der Waals surface area contributed by atoms with Crippen LogP contribution in [0.5, 0.6) is 0 Å². The van der Waals surface area contributed by atoms with E-state index in [1.807, 2.05) is 26.3 Å². The number of nitrogens with one attached hydrogen (secondary N) is 4. The number of aryl methyl sites for hydroxylation is 1. The van der Waals surface area contributed by atoms with Crippen molar-refractivity contribution in [2.45, 2.75) is 38.1 Å². The standard InChI is InChI=1S/C16H25N7OS/c1-11-13(25-3)23-12(22-11)4-7-19-15(21-10-17)20-9-8-18-14(24)16(2)5-6-16/h4-9H2,1-3H3,(H,18,24)(H,22,23)(H2,19,20,21). The van der Waals surface area contributed by atoms with Gasteiger partial charge in [-0.05, 0) is 26.0 Å². The van der Waals surface area contributed by atoms with Gasteiger partial charge in [-0.1, -0.05) is 6.92 Å². The molecule has 25 heavy (non-hydrogen) atoms. The molecule has 0 radical (unpaired) electrons. The van der Waals surface area contributed by atoms with Crippen LogP contribution >= 0.6 is 11.8 Å². The summed E-state index contributed by atoms with van der Waals surface area (Å²) < 4.78 is 0. The van der Waals surface area contributed by atoms with Crippen LogP contribution in [0.1, 0.15) is 31.3 Å². The number of nitrogens with zero attached hydrogens (tertiary/aromatic N) is 3. The number of aliphatic imine (C=N–C) groups is 1. The third-order valence-electron chi connectivity index (χ3n) is 4.13. The summed E-state index contributed by atoms with van der Waals surface area (Å²) in [5, 5.41) is 18.3. The van der Waals surface area contributed by atoms with E-state index in [4.69, 9.17) is 5.26 Å². The van der Waals surface area contributed by atoms with E-state index in [1.54, 1.807) is 11.8 Å². The summed E-state index contributed by atoms with van der Waals surface area (Å²) >= 11 is 1.61. The quantitative estimate of drug-likeness (QED) is 0.136. The normalized spacial score (nSPS) is 15.4. The van der Waals surface area contributed by atoms with E-state index in [-0.39, 0.29) is 11.3 Å². The van der Waals surface area contributed by atoms with Crippen molar-refractivity contribution in [1.29, 1.82) is 5.26 Å². The highest BCUT2D eigenvalue weighted by atomic mass is 32.2. The molecule has 4 N–H and O–H groups in total. The number of nitriles is 1.